The summed E-state index contributed by atoms with van der Waals surface area (Å²) in [6.07, 6.45) is 1.27. The molecule has 4 aromatic rings. The second-order valence-corrected chi connectivity index (χ2v) is 9.61. The zero-order valence-electron chi connectivity index (χ0n) is 18.6. The number of aromatic amines is 1. The third-order valence-corrected chi connectivity index (χ3v) is 6.14. The highest BCUT2D eigenvalue weighted by molar-refractivity contribution is 7.85. The van der Waals surface area contributed by atoms with E-state index in [0.29, 0.717) is 17.2 Å². The summed E-state index contributed by atoms with van der Waals surface area (Å²) in [5.74, 6) is -0.220. The first-order valence-corrected chi connectivity index (χ1v) is 12.6. The number of benzene rings is 1. The molecular formula is C18H17N10O6S2-. The van der Waals surface area contributed by atoms with Crippen LogP contribution in [0, 0.1) is 13.8 Å². The summed E-state index contributed by atoms with van der Waals surface area (Å²) in [6, 6.07) is 4.98. The predicted octanol–water partition coefficient (Wildman–Crippen LogP) is 0.777. The lowest BCUT2D eigenvalue weighted by molar-refractivity contribution is 0.483. The van der Waals surface area contributed by atoms with Gasteiger partial charge < -0.3 is 10.3 Å². The summed E-state index contributed by atoms with van der Waals surface area (Å²) in [7, 11) is -4.41. The van der Waals surface area contributed by atoms with Gasteiger partial charge in [-0.2, -0.15) is 33.3 Å². The molecule has 3 heterocycles. The SMILES string of the molecule is Cc1nc(-n2nc(C)c(N=Nc3c(CS(=O)[O-])cnn3-c3ccc(S(=O)(=O)O)cc3)c2N)nc(=O)[nH]1. The van der Waals surface area contributed by atoms with Gasteiger partial charge in [0.1, 0.15) is 5.82 Å². The Bertz CT molecular complexity index is 1670. The number of hydrogen-bond donors (Lipinski definition) is 3. The van der Waals surface area contributed by atoms with E-state index in [9.17, 15) is 26.5 Å². The summed E-state index contributed by atoms with van der Waals surface area (Å²) in [6.45, 7) is 3.14. The topological polar surface area (TPSA) is 240 Å². The van der Waals surface area contributed by atoms with Crippen LogP contribution < -0.4 is 11.4 Å². The van der Waals surface area contributed by atoms with E-state index >= 15 is 0 Å². The van der Waals surface area contributed by atoms with Crippen molar-refractivity contribution in [1.82, 2.24) is 34.5 Å². The van der Waals surface area contributed by atoms with Crippen LogP contribution in [0.5, 0.6) is 0 Å². The second-order valence-electron chi connectivity index (χ2n) is 7.29. The smallest absolute Gasteiger partial charge is 0.349 e. The Morgan fingerprint density at radius 3 is 2.47 bits per heavy atom. The van der Waals surface area contributed by atoms with Gasteiger partial charge in [0.05, 0.1) is 22.5 Å². The molecule has 1 aromatic carbocycles. The van der Waals surface area contributed by atoms with Crippen molar-refractivity contribution < 1.29 is 21.7 Å². The minimum absolute atomic E-state index is 0.0219. The molecule has 0 fully saturated rings. The fourth-order valence-corrected chi connectivity index (χ4v) is 4.08. The zero-order valence-corrected chi connectivity index (χ0v) is 20.2. The van der Waals surface area contributed by atoms with E-state index in [4.69, 9.17) is 5.73 Å². The Kier molecular flexibility index (Phi) is 6.59. The third-order valence-electron chi connectivity index (χ3n) is 4.72. The first kappa shape index (κ1) is 25.0. The fraction of sp³-hybridized carbons (Fsp3) is 0.167. The molecule has 36 heavy (non-hydrogen) atoms. The van der Waals surface area contributed by atoms with Crippen molar-refractivity contribution in [3.05, 3.63) is 58.0 Å². The van der Waals surface area contributed by atoms with Crippen molar-refractivity contribution in [3.8, 4) is 11.6 Å². The van der Waals surface area contributed by atoms with Gasteiger partial charge >= 0.3 is 5.69 Å². The van der Waals surface area contributed by atoms with Crippen LogP contribution in [-0.4, -0.2) is 56.2 Å². The minimum Gasteiger partial charge on any atom is -0.772 e. The fourth-order valence-electron chi connectivity index (χ4n) is 3.14. The molecule has 4 N–H and O–H groups in total. The van der Waals surface area contributed by atoms with Gasteiger partial charge in [0.15, 0.2) is 17.3 Å². The standard InChI is InChI=1S/C18H18N10O6S2/c1-9-14(15(19)28(26-9)17-21-10(2)22-18(29)23-17)24-25-16-11(8-35(30)31)7-20-27(16)12-3-5-13(6-4-12)36(32,33)34/h3-7H,8,19H2,1-2H3,(H,30,31)(H,32,33,34)(H,21,22,23,29)/p-1. The number of aryl methyl sites for hydroxylation is 2. The first-order valence-electron chi connectivity index (χ1n) is 9.87. The number of H-pyrrole nitrogens is 1. The first-order chi connectivity index (χ1) is 16.9. The van der Waals surface area contributed by atoms with E-state index in [2.05, 4.69) is 35.4 Å². The maximum Gasteiger partial charge on any atom is 0.349 e. The van der Waals surface area contributed by atoms with Crippen LogP contribution in [0.4, 0.5) is 17.3 Å². The number of nitrogen functional groups attached to an aromatic ring is 1. The Balaban J connectivity index is 1.78. The lowest BCUT2D eigenvalue weighted by Crippen LogP contribution is -2.19. The molecule has 3 aromatic heterocycles. The highest BCUT2D eigenvalue weighted by Crippen LogP contribution is 2.32. The highest BCUT2D eigenvalue weighted by atomic mass is 32.2. The van der Waals surface area contributed by atoms with Crippen molar-refractivity contribution in [2.24, 2.45) is 10.2 Å². The lowest BCUT2D eigenvalue weighted by Gasteiger charge is -2.07. The number of azo groups is 1. The van der Waals surface area contributed by atoms with E-state index < -0.39 is 32.6 Å². The monoisotopic (exact) mass is 533 g/mol. The van der Waals surface area contributed by atoms with Crippen LogP contribution in [0.2, 0.25) is 0 Å². The van der Waals surface area contributed by atoms with Crippen LogP contribution in [0.3, 0.4) is 0 Å². The zero-order chi connectivity index (χ0) is 26.2. The van der Waals surface area contributed by atoms with Crippen LogP contribution in [-0.2, 0) is 27.0 Å². The van der Waals surface area contributed by atoms with Crippen molar-refractivity contribution in [1.29, 1.82) is 0 Å². The van der Waals surface area contributed by atoms with Gasteiger partial charge in [-0.3, -0.25) is 13.7 Å². The summed E-state index contributed by atoms with van der Waals surface area (Å²) in [5, 5.41) is 16.6. The molecule has 1 atom stereocenters. The maximum absolute atomic E-state index is 11.7. The van der Waals surface area contributed by atoms with Gasteiger partial charge in [-0.15, -0.1) is 10.2 Å². The van der Waals surface area contributed by atoms with E-state index in [0.717, 1.165) is 16.8 Å². The van der Waals surface area contributed by atoms with Gasteiger partial charge in [-0.05, 0) is 38.1 Å². The van der Waals surface area contributed by atoms with E-state index in [1.165, 1.54) is 23.0 Å². The third kappa shape index (κ3) is 5.10. The van der Waals surface area contributed by atoms with Crippen LogP contribution >= 0.6 is 0 Å². The molecule has 4 rings (SSSR count). The molecule has 1 unspecified atom stereocenters. The number of hydrogen-bond acceptors (Lipinski definition) is 12. The summed E-state index contributed by atoms with van der Waals surface area (Å²) >= 11 is -2.48. The largest absolute Gasteiger partial charge is 0.772 e. The summed E-state index contributed by atoms with van der Waals surface area (Å²) in [4.78, 5) is 21.6. The van der Waals surface area contributed by atoms with Gasteiger partial charge in [-0.1, -0.05) is 11.1 Å². The molecule has 0 radical (unpaired) electrons. The molecule has 0 aliphatic rings. The van der Waals surface area contributed by atoms with Crippen molar-refractivity contribution in [2.45, 2.75) is 24.5 Å². The quantitative estimate of drug-likeness (QED) is 0.170. The van der Waals surface area contributed by atoms with E-state index in [-0.39, 0.29) is 33.7 Å². The number of aromatic nitrogens is 7. The number of nitrogens with one attached hydrogen (secondary N) is 1. The molecular weight excluding hydrogens is 516 g/mol. The normalized spacial score (nSPS) is 12.9. The molecule has 0 saturated carbocycles. The predicted molar refractivity (Wildman–Crippen MR) is 124 cm³/mol. The molecule has 0 saturated heterocycles. The van der Waals surface area contributed by atoms with Crippen molar-refractivity contribution in [2.75, 3.05) is 5.73 Å². The van der Waals surface area contributed by atoms with E-state index in [1.54, 1.807) is 13.8 Å². The molecule has 0 amide bonds. The van der Waals surface area contributed by atoms with Crippen LogP contribution in [0.15, 0.2) is 50.4 Å². The molecule has 0 spiro atoms. The Hall–Kier alpha value is -4.13. The maximum atomic E-state index is 11.7. The molecule has 16 nitrogen and oxygen atoms in total. The van der Waals surface area contributed by atoms with Crippen LogP contribution in [0.25, 0.3) is 11.6 Å². The van der Waals surface area contributed by atoms with Crippen molar-refractivity contribution in [3.63, 3.8) is 0 Å². The average Bonchev–Trinajstić information content (AvgIpc) is 3.30. The van der Waals surface area contributed by atoms with Gasteiger partial charge in [0.25, 0.3) is 16.1 Å². The summed E-state index contributed by atoms with van der Waals surface area (Å²) in [5.41, 5.74) is 6.44. The lowest BCUT2D eigenvalue weighted by atomic mass is 10.3. The van der Waals surface area contributed by atoms with Gasteiger partial charge in [-0.25, -0.2) is 9.48 Å². The van der Waals surface area contributed by atoms with Gasteiger partial charge in [0.2, 0.25) is 0 Å². The molecule has 188 valence electrons. The molecule has 0 aliphatic heterocycles. The molecule has 0 aliphatic carbocycles. The Morgan fingerprint density at radius 2 is 1.86 bits per heavy atom. The number of nitrogens with two attached hydrogens (primary N) is 1. The summed E-state index contributed by atoms with van der Waals surface area (Å²) < 4.78 is 56.9. The second kappa shape index (κ2) is 9.49. The highest BCUT2D eigenvalue weighted by Gasteiger charge is 2.18. The molecule has 18 heteroatoms. The number of anilines is 1. The van der Waals surface area contributed by atoms with E-state index in [1.807, 2.05) is 0 Å². The minimum atomic E-state index is -4.41. The Labute approximate surface area is 205 Å². The van der Waals surface area contributed by atoms with Gasteiger partial charge in [0, 0.05) is 11.3 Å². The van der Waals surface area contributed by atoms with Crippen molar-refractivity contribution >= 4 is 38.5 Å². The number of nitrogens with zero attached hydrogens (tertiary/aromatic N) is 8. The number of rotatable bonds is 7. The average molecular weight is 534 g/mol. The van der Waals surface area contributed by atoms with Crippen LogP contribution in [0.1, 0.15) is 17.1 Å². The Morgan fingerprint density at radius 1 is 1.17 bits per heavy atom. The molecule has 0 bridgehead atoms.